The predicted molar refractivity (Wildman–Crippen MR) is 72.0 cm³/mol. The van der Waals surface area contributed by atoms with Crippen LogP contribution in [0.3, 0.4) is 0 Å². The molecule has 0 amide bonds. The number of carboxylic acid groups (broad SMARTS) is 1. The van der Waals surface area contributed by atoms with Crippen LogP contribution in [0.25, 0.3) is 5.65 Å². The third-order valence-corrected chi connectivity index (χ3v) is 3.50. The molecule has 2 N–H and O–H groups in total. The first-order valence-electron chi connectivity index (χ1n) is 6.63. The number of ether oxygens (including phenoxy) is 1. The topological polar surface area (TPSA) is 88.8 Å². The summed E-state index contributed by atoms with van der Waals surface area (Å²) in [4.78, 5) is 19.3. The molecule has 7 heteroatoms. The average Bonchev–Trinajstić information content (AvgIpc) is 2.94. The minimum absolute atomic E-state index is 0.00169. The van der Waals surface area contributed by atoms with Gasteiger partial charge < -0.3 is 15.2 Å². The van der Waals surface area contributed by atoms with Gasteiger partial charge >= 0.3 is 5.97 Å². The van der Waals surface area contributed by atoms with Crippen molar-refractivity contribution in [1.29, 1.82) is 0 Å². The standard InChI is InChI=1S/C13H16N4O3/c18-12(19)10-7-11-14-3-4-17(11)13(16-10)15-8-9-1-5-20-6-2-9/h3-4,7,9H,1-2,5-6,8H2,(H,15,16)(H,18,19). The Bertz CT molecular complexity index is 619. The molecule has 1 aliphatic heterocycles. The van der Waals surface area contributed by atoms with Gasteiger partial charge in [-0.15, -0.1) is 0 Å². The molecule has 1 aliphatic rings. The predicted octanol–water partition coefficient (Wildman–Crippen LogP) is 1.27. The number of carboxylic acids is 1. The van der Waals surface area contributed by atoms with Crippen LogP contribution in [0.4, 0.5) is 5.95 Å². The van der Waals surface area contributed by atoms with Gasteiger partial charge in [0.25, 0.3) is 0 Å². The summed E-state index contributed by atoms with van der Waals surface area (Å²) in [5.74, 6) is -0.00823. The molecule has 3 heterocycles. The molecule has 2 aromatic heterocycles. The van der Waals surface area contributed by atoms with Crippen LogP contribution in [0.5, 0.6) is 0 Å². The molecule has 106 valence electrons. The summed E-state index contributed by atoms with van der Waals surface area (Å²) >= 11 is 0. The van der Waals surface area contributed by atoms with Crippen LogP contribution in [-0.4, -0.2) is 45.2 Å². The number of rotatable bonds is 4. The quantitative estimate of drug-likeness (QED) is 0.874. The van der Waals surface area contributed by atoms with Crippen LogP contribution in [-0.2, 0) is 4.74 Å². The average molecular weight is 276 g/mol. The number of carbonyl (C=O) groups is 1. The lowest BCUT2D eigenvalue weighted by molar-refractivity contribution is 0.0690. The van der Waals surface area contributed by atoms with E-state index in [0.29, 0.717) is 17.5 Å². The normalized spacial score (nSPS) is 16.4. The second-order valence-electron chi connectivity index (χ2n) is 4.86. The van der Waals surface area contributed by atoms with Crippen LogP contribution in [0.15, 0.2) is 18.5 Å². The molecule has 3 rings (SSSR count). The molecule has 0 saturated carbocycles. The Morgan fingerprint density at radius 1 is 1.50 bits per heavy atom. The monoisotopic (exact) mass is 276 g/mol. The van der Waals surface area contributed by atoms with Gasteiger partial charge in [-0.25, -0.2) is 14.8 Å². The lowest BCUT2D eigenvalue weighted by Crippen LogP contribution is -2.24. The van der Waals surface area contributed by atoms with E-state index < -0.39 is 5.97 Å². The number of imidazole rings is 1. The highest BCUT2D eigenvalue weighted by atomic mass is 16.5. The summed E-state index contributed by atoms with van der Waals surface area (Å²) in [5, 5.41) is 12.3. The Morgan fingerprint density at radius 2 is 2.30 bits per heavy atom. The van der Waals surface area contributed by atoms with Crippen LogP contribution < -0.4 is 5.32 Å². The molecule has 0 radical (unpaired) electrons. The van der Waals surface area contributed by atoms with Gasteiger partial charge in [-0.1, -0.05) is 0 Å². The lowest BCUT2D eigenvalue weighted by Gasteiger charge is -2.22. The van der Waals surface area contributed by atoms with E-state index in [9.17, 15) is 4.79 Å². The minimum atomic E-state index is -1.05. The summed E-state index contributed by atoms with van der Waals surface area (Å²) in [6.07, 6.45) is 5.42. The van der Waals surface area contributed by atoms with E-state index in [0.717, 1.165) is 32.6 Å². The number of anilines is 1. The van der Waals surface area contributed by atoms with Crippen molar-refractivity contribution < 1.29 is 14.6 Å². The van der Waals surface area contributed by atoms with Crippen molar-refractivity contribution in [2.24, 2.45) is 5.92 Å². The van der Waals surface area contributed by atoms with Gasteiger partial charge in [0.2, 0.25) is 5.95 Å². The zero-order chi connectivity index (χ0) is 13.9. The first-order chi connectivity index (χ1) is 9.74. The number of aromatic nitrogens is 3. The van der Waals surface area contributed by atoms with Gasteiger partial charge in [-0.3, -0.25) is 4.40 Å². The molecular formula is C13H16N4O3. The van der Waals surface area contributed by atoms with Gasteiger partial charge in [0, 0.05) is 38.2 Å². The van der Waals surface area contributed by atoms with Crippen LogP contribution in [0, 0.1) is 5.92 Å². The van der Waals surface area contributed by atoms with E-state index in [-0.39, 0.29) is 5.69 Å². The van der Waals surface area contributed by atoms with Crippen molar-refractivity contribution in [3.8, 4) is 0 Å². The molecular weight excluding hydrogens is 260 g/mol. The first kappa shape index (κ1) is 12.9. The first-order valence-corrected chi connectivity index (χ1v) is 6.63. The third kappa shape index (κ3) is 2.57. The minimum Gasteiger partial charge on any atom is -0.477 e. The number of hydrogen-bond acceptors (Lipinski definition) is 5. The fourth-order valence-electron chi connectivity index (χ4n) is 2.34. The van der Waals surface area contributed by atoms with Gasteiger partial charge in [0.05, 0.1) is 0 Å². The second-order valence-corrected chi connectivity index (χ2v) is 4.86. The van der Waals surface area contributed by atoms with E-state index >= 15 is 0 Å². The van der Waals surface area contributed by atoms with E-state index in [1.54, 1.807) is 16.8 Å². The molecule has 0 aliphatic carbocycles. The fourth-order valence-corrected chi connectivity index (χ4v) is 2.34. The molecule has 0 bridgehead atoms. The number of aromatic carboxylic acids is 1. The number of fused-ring (bicyclic) bond motifs is 1. The smallest absolute Gasteiger partial charge is 0.354 e. The van der Waals surface area contributed by atoms with E-state index in [4.69, 9.17) is 9.84 Å². The van der Waals surface area contributed by atoms with Crippen molar-refractivity contribution in [1.82, 2.24) is 14.4 Å². The van der Waals surface area contributed by atoms with E-state index in [1.165, 1.54) is 6.07 Å². The van der Waals surface area contributed by atoms with Crippen molar-refractivity contribution in [2.45, 2.75) is 12.8 Å². The highest BCUT2D eigenvalue weighted by molar-refractivity contribution is 5.87. The maximum Gasteiger partial charge on any atom is 0.354 e. The second kappa shape index (κ2) is 5.46. The Hall–Kier alpha value is -2.15. The molecule has 0 unspecified atom stereocenters. The fraction of sp³-hybridized carbons (Fsp3) is 0.462. The number of hydrogen-bond donors (Lipinski definition) is 2. The van der Waals surface area contributed by atoms with E-state index in [2.05, 4.69) is 15.3 Å². The summed E-state index contributed by atoms with van der Waals surface area (Å²) in [5.41, 5.74) is 0.574. The molecule has 0 aromatic carbocycles. The van der Waals surface area contributed by atoms with Gasteiger partial charge in [0.15, 0.2) is 5.69 Å². The summed E-state index contributed by atoms with van der Waals surface area (Å²) in [7, 11) is 0. The van der Waals surface area contributed by atoms with Crippen LogP contribution in [0.1, 0.15) is 23.3 Å². The SMILES string of the molecule is O=C(O)c1cc2nccn2c(NCC2CCOCC2)n1. The number of nitrogens with one attached hydrogen (secondary N) is 1. The van der Waals surface area contributed by atoms with Gasteiger partial charge in [-0.05, 0) is 18.8 Å². The molecule has 0 spiro atoms. The molecule has 1 saturated heterocycles. The third-order valence-electron chi connectivity index (χ3n) is 3.50. The van der Waals surface area contributed by atoms with Crippen molar-refractivity contribution in [3.63, 3.8) is 0 Å². The van der Waals surface area contributed by atoms with Crippen LogP contribution >= 0.6 is 0 Å². The maximum absolute atomic E-state index is 11.1. The molecule has 7 nitrogen and oxygen atoms in total. The highest BCUT2D eigenvalue weighted by Gasteiger charge is 2.16. The molecule has 1 fully saturated rings. The van der Waals surface area contributed by atoms with Gasteiger partial charge in [0.1, 0.15) is 5.65 Å². The zero-order valence-corrected chi connectivity index (χ0v) is 11.0. The molecule has 2 aromatic rings. The summed E-state index contributed by atoms with van der Waals surface area (Å²) in [6.45, 7) is 2.33. The Balaban J connectivity index is 1.81. The molecule has 0 atom stereocenters. The number of nitrogens with zero attached hydrogens (tertiary/aromatic N) is 3. The van der Waals surface area contributed by atoms with Crippen LogP contribution in [0.2, 0.25) is 0 Å². The zero-order valence-electron chi connectivity index (χ0n) is 11.0. The largest absolute Gasteiger partial charge is 0.477 e. The molecule has 20 heavy (non-hydrogen) atoms. The Morgan fingerprint density at radius 3 is 3.05 bits per heavy atom. The summed E-state index contributed by atoms with van der Waals surface area (Å²) < 4.78 is 7.08. The van der Waals surface area contributed by atoms with Crippen molar-refractivity contribution in [3.05, 3.63) is 24.2 Å². The van der Waals surface area contributed by atoms with Crippen molar-refractivity contribution >= 4 is 17.6 Å². The van der Waals surface area contributed by atoms with Gasteiger partial charge in [-0.2, -0.15) is 0 Å². The lowest BCUT2D eigenvalue weighted by atomic mass is 10.0. The van der Waals surface area contributed by atoms with E-state index in [1.807, 2.05) is 0 Å². The summed E-state index contributed by atoms with van der Waals surface area (Å²) in [6, 6.07) is 1.46. The Labute approximate surface area is 115 Å². The van der Waals surface area contributed by atoms with Crippen molar-refractivity contribution in [2.75, 3.05) is 25.1 Å². The highest BCUT2D eigenvalue weighted by Crippen LogP contribution is 2.16. The maximum atomic E-state index is 11.1. The Kier molecular flexibility index (Phi) is 3.51.